The molecule has 0 unspecified atom stereocenters. The first kappa shape index (κ1) is 20.4. The Morgan fingerprint density at radius 1 is 1.08 bits per heavy atom. The van der Waals surface area contributed by atoms with Crippen molar-refractivity contribution in [1.29, 1.82) is 0 Å². The van der Waals surface area contributed by atoms with Crippen LogP contribution in [0.25, 0.3) is 0 Å². The normalized spacial score (nSPS) is 12.9. The Balaban J connectivity index is 2.53. The molecule has 3 amide bonds. The van der Waals surface area contributed by atoms with Crippen LogP contribution >= 0.6 is 0 Å². The lowest BCUT2D eigenvalue weighted by atomic mass is 10.0. The highest BCUT2D eigenvalue weighted by molar-refractivity contribution is 5.97. The summed E-state index contributed by atoms with van der Waals surface area (Å²) in [5.41, 5.74) is 7.11. The number of hydrogen-bond acceptors (Lipinski definition) is 5. The first-order valence-electron chi connectivity index (χ1n) is 8.04. The fraction of sp³-hybridized carbons (Fsp3) is 0.471. The minimum Gasteiger partial charge on any atom is -0.445 e. The molecule has 0 heterocycles. The van der Waals surface area contributed by atoms with Crippen molar-refractivity contribution in [3.63, 3.8) is 0 Å². The lowest BCUT2D eigenvalue weighted by Gasteiger charge is -2.19. The Labute approximate surface area is 147 Å². The summed E-state index contributed by atoms with van der Waals surface area (Å²) in [5, 5.41) is 7.65. The number of nitrogens with two attached hydrogens (primary N) is 1. The minimum atomic E-state index is -0.714. The second kappa shape index (κ2) is 9.63. The molecule has 0 aliphatic heterocycles. The molecule has 8 heteroatoms. The van der Waals surface area contributed by atoms with Crippen molar-refractivity contribution in [2.45, 2.75) is 39.5 Å². The Kier molecular flexibility index (Phi) is 7.87. The lowest BCUT2D eigenvalue weighted by molar-refractivity contribution is -0.127. The van der Waals surface area contributed by atoms with Crippen LogP contribution in [0.1, 0.15) is 26.3 Å². The lowest BCUT2D eigenvalue weighted by Crippen LogP contribution is -2.50. The molecule has 25 heavy (non-hydrogen) atoms. The second-order valence-electron chi connectivity index (χ2n) is 6.01. The van der Waals surface area contributed by atoms with Crippen molar-refractivity contribution in [1.82, 2.24) is 10.6 Å². The number of alkyl carbamates (subject to hydrolysis) is 1. The van der Waals surface area contributed by atoms with E-state index in [4.69, 9.17) is 10.5 Å². The van der Waals surface area contributed by atoms with Crippen molar-refractivity contribution in [3.8, 4) is 0 Å². The molecular formula is C17H26N4O4. The molecule has 0 saturated carbocycles. The second-order valence-corrected chi connectivity index (χ2v) is 6.01. The summed E-state index contributed by atoms with van der Waals surface area (Å²) < 4.78 is 4.93. The van der Waals surface area contributed by atoms with Gasteiger partial charge in [0.05, 0.1) is 6.04 Å². The van der Waals surface area contributed by atoms with Gasteiger partial charge in [-0.1, -0.05) is 26.0 Å². The molecule has 0 spiro atoms. The maximum absolute atomic E-state index is 12.1. The molecule has 1 rings (SSSR count). The van der Waals surface area contributed by atoms with Crippen molar-refractivity contribution >= 4 is 23.6 Å². The van der Waals surface area contributed by atoms with E-state index in [0.29, 0.717) is 5.69 Å². The van der Waals surface area contributed by atoms with Gasteiger partial charge in [0.1, 0.15) is 12.6 Å². The van der Waals surface area contributed by atoms with E-state index in [1.54, 1.807) is 31.2 Å². The largest absolute Gasteiger partial charge is 0.445 e. The van der Waals surface area contributed by atoms with E-state index in [1.165, 1.54) is 7.05 Å². The third kappa shape index (κ3) is 6.80. The average molecular weight is 350 g/mol. The molecule has 0 aliphatic rings. The molecule has 2 atom stereocenters. The summed E-state index contributed by atoms with van der Waals surface area (Å²) >= 11 is 0. The van der Waals surface area contributed by atoms with E-state index in [2.05, 4.69) is 16.0 Å². The molecule has 8 nitrogen and oxygen atoms in total. The van der Waals surface area contributed by atoms with Crippen molar-refractivity contribution in [3.05, 3.63) is 29.8 Å². The van der Waals surface area contributed by atoms with Crippen LogP contribution in [0, 0.1) is 5.92 Å². The monoisotopic (exact) mass is 350 g/mol. The van der Waals surface area contributed by atoms with Gasteiger partial charge >= 0.3 is 6.09 Å². The molecule has 1 aromatic rings. The quantitative estimate of drug-likeness (QED) is 0.583. The maximum Gasteiger partial charge on any atom is 0.407 e. The van der Waals surface area contributed by atoms with Crippen LogP contribution in [0.3, 0.4) is 0 Å². The highest BCUT2D eigenvalue weighted by Gasteiger charge is 2.22. The van der Waals surface area contributed by atoms with E-state index in [-0.39, 0.29) is 24.3 Å². The predicted molar refractivity (Wildman–Crippen MR) is 94.7 cm³/mol. The van der Waals surface area contributed by atoms with Crippen LogP contribution < -0.4 is 21.7 Å². The van der Waals surface area contributed by atoms with Gasteiger partial charge in [0.15, 0.2) is 0 Å². The molecule has 0 bridgehead atoms. The highest BCUT2D eigenvalue weighted by Crippen LogP contribution is 2.11. The van der Waals surface area contributed by atoms with Crippen LogP contribution in [0.5, 0.6) is 0 Å². The van der Waals surface area contributed by atoms with Gasteiger partial charge in [-0.05, 0) is 30.5 Å². The molecule has 0 aromatic heterocycles. The molecule has 5 N–H and O–H groups in total. The SMILES string of the molecule is CNC(=O)OCc1ccc(NC(=O)[C@H](C)NC(=O)[C@@H](N)C(C)C)cc1. The number of hydrogen-bond donors (Lipinski definition) is 4. The molecule has 138 valence electrons. The van der Waals surface area contributed by atoms with Crippen LogP contribution in [0.4, 0.5) is 10.5 Å². The Morgan fingerprint density at radius 2 is 1.68 bits per heavy atom. The predicted octanol–water partition coefficient (Wildman–Crippen LogP) is 0.969. The zero-order chi connectivity index (χ0) is 19.0. The molecule has 0 radical (unpaired) electrons. The number of carbonyl (C=O) groups excluding carboxylic acids is 3. The van der Waals surface area contributed by atoms with Gasteiger partial charge in [0, 0.05) is 12.7 Å². The van der Waals surface area contributed by atoms with Gasteiger partial charge in [-0.3, -0.25) is 9.59 Å². The van der Waals surface area contributed by atoms with E-state index in [0.717, 1.165) is 5.56 Å². The third-order valence-corrected chi connectivity index (χ3v) is 3.57. The number of anilines is 1. The van der Waals surface area contributed by atoms with Gasteiger partial charge in [-0.25, -0.2) is 4.79 Å². The molecule has 0 aliphatic carbocycles. The number of ether oxygens (including phenoxy) is 1. The topological polar surface area (TPSA) is 123 Å². The van der Waals surface area contributed by atoms with E-state index < -0.39 is 18.2 Å². The summed E-state index contributed by atoms with van der Waals surface area (Å²) in [7, 11) is 1.48. The van der Waals surface area contributed by atoms with Gasteiger partial charge in [0.2, 0.25) is 11.8 Å². The van der Waals surface area contributed by atoms with Crippen LogP contribution in [-0.2, 0) is 20.9 Å². The number of nitrogens with one attached hydrogen (secondary N) is 3. The molecule has 0 fully saturated rings. The third-order valence-electron chi connectivity index (χ3n) is 3.57. The smallest absolute Gasteiger partial charge is 0.407 e. The zero-order valence-corrected chi connectivity index (χ0v) is 15.0. The summed E-state index contributed by atoms with van der Waals surface area (Å²) in [6.45, 7) is 5.40. The number of rotatable bonds is 7. The summed E-state index contributed by atoms with van der Waals surface area (Å²) in [4.78, 5) is 35.0. The molecule has 1 aromatic carbocycles. The van der Waals surface area contributed by atoms with E-state index in [1.807, 2.05) is 13.8 Å². The highest BCUT2D eigenvalue weighted by atomic mass is 16.5. The number of amides is 3. The number of benzene rings is 1. The summed E-state index contributed by atoms with van der Waals surface area (Å²) in [6.07, 6.45) is -0.512. The Hall–Kier alpha value is -2.61. The van der Waals surface area contributed by atoms with E-state index in [9.17, 15) is 14.4 Å². The maximum atomic E-state index is 12.1. The Morgan fingerprint density at radius 3 is 2.20 bits per heavy atom. The van der Waals surface area contributed by atoms with Crippen molar-refractivity contribution in [2.24, 2.45) is 11.7 Å². The van der Waals surface area contributed by atoms with Gasteiger partial charge in [0.25, 0.3) is 0 Å². The zero-order valence-electron chi connectivity index (χ0n) is 15.0. The van der Waals surface area contributed by atoms with Crippen molar-refractivity contribution in [2.75, 3.05) is 12.4 Å². The fourth-order valence-electron chi connectivity index (χ4n) is 1.83. The summed E-state index contributed by atoms with van der Waals surface area (Å²) in [5.74, 6) is -0.724. The van der Waals surface area contributed by atoms with Crippen LogP contribution in [0.15, 0.2) is 24.3 Å². The molecular weight excluding hydrogens is 324 g/mol. The van der Waals surface area contributed by atoms with Crippen LogP contribution in [0.2, 0.25) is 0 Å². The summed E-state index contributed by atoms with van der Waals surface area (Å²) in [6, 6.07) is 5.47. The van der Waals surface area contributed by atoms with Gasteiger partial charge < -0.3 is 26.4 Å². The van der Waals surface area contributed by atoms with E-state index >= 15 is 0 Å². The molecule has 0 saturated heterocycles. The van der Waals surface area contributed by atoms with Gasteiger partial charge in [-0.15, -0.1) is 0 Å². The number of carbonyl (C=O) groups is 3. The average Bonchev–Trinajstić information content (AvgIpc) is 2.59. The van der Waals surface area contributed by atoms with Crippen molar-refractivity contribution < 1.29 is 19.1 Å². The Bertz CT molecular complexity index is 601. The first-order valence-corrected chi connectivity index (χ1v) is 8.04. The fourth-order valence-corrected chi connectivity index (χ4v) is 1.83. The minimum absolute atomic E-state index is 0.0141. The van der Waals surface area contributed by atoms with Gasteiger partial charge in [-0.2, -0.15) is 0 Å². The first-order chi connectivity index (χ1) is 11.7. The standard InChI is InChI=1S/C17H26N4O4/c1-10(2)14(18)16(23)20-11(3)15(22)21-13-7-5-12(6-8-13)9-25-17(24)19-4/h5-8,10-11,14H,9,18H2,1-4H3,(H,19,24)(H,20,23)(H,21,22)/t11-,14-/m0/s1. The van der Waals surface area contributed by atoms with Crippen LogP contribution in [-0.4, -0.2) is 37.0 Å².